The molecule has 0 atom stereocenters. The van der Waals surface area contributed by atoms with E-state index in [-0.39, 0.29) is 27.8 Å². The van der Waals surface area contributed by atoms with Crippen LogP contribution in [0.3, 0.4) is 0 Å². The van der Waals surface area contributed by atoms with Gasteiger partial charge in [-0.2, -0.15) is 0 Å². The average molecular weight is 513 g/mol. The van der Waals surface area contributed by atoms with Crippen molar-refractivity contribution in [3.63, 3.8) is 0 Å². The first-order valence-corrected chi connectivity index (χ1v) is 11.5. The van der Waals surface area contributed by atoms with Crippen LogP contribution in [0.15, 0.2) is 47.9 Å². The van der Waals surface area contributed by atoms with Gasteiger partial charge in [-0.15, -0.1) is 11.3 Å². The maximum Gasteiger partial charge on any atom is 0.341 e. The number of rotatable bonds is 7. The molecule has 0 aliphatic carbocycles. The Balaban J connectivity index is 1.93. The van der Waals surface area contributed by atoms with Crippen LogP contribution < -0.4 is 5.32 Å². The average Bonchev–Trinajstić information content (AvgIpc) is 3.14. The maximum absolute atomic E-state index is 13.9. The molecular formula is C23H17Cl3FNO3S. The van der Waals surface area contributed by atoms with E-state index in [0.29, 0.717) is 27.6 Å². The van der Waals surface area contributed by atoms with Crippen molar-refractivity contribution in [2.24, 2.45) is 0 Å². The number of benzene rings is 2. The summed E-state index contributed by atoms with van der Waals surface area (Å²) < 4.78 is 19.2. The summed E-state index contributed by atoms with van der Waals surface area (Å²) >= 11 is 19.4. The minimum atomic E-state index is -0.592. The topological polar surface area (TPSA) is 55.4 Å². The van der Waals surface area contributed by atoms with E-state index in [0.717, 1.165) is 17.4 Å². The third-order valence-corrected chi connectivity index (χ3v) is 6.06. The summed E-state index contributed by atoms with van der Waals surface area (Å²) in [5, 5.41) is 5.62. The van der Waals surface area contributed by atoms with Crippen molar-refractivity contribution in [3.05, 3.63) is 79.9 Å². The molecule has 1 aromatic heterocycles. The molecule has 32 heavy (non-hydrogen) atoms. The Bertz CT molecular complexity index is 1170. The van der Waals surface area contributed by atoms with E-state index in [4.69, 9.17) is 39.5 Å². The molecule has 1 N–H and O–H groups in total. The van der Waals surface area contributed by atoms with E-state index in [1.807, 2.05) is 6.92 Å². The number of carbonyl (C=O) groups excluding carboxylic acids is 2. The largest absolute Gasteiger partial charge is 0.462 e. The van der Waals surface area contributed by atoms with Crippen LogP contribution in [-0.4, -0.2) is 18.5 Å². The second-order valence-electron chi connectivity index (χ2n) is 6.57. The molecule has 0 radical (unpaired) electrons. The smallest absolute Gasteiger partial charge is 0.341 e. The lowest BCUT2D eigenvalue weighted by Gasteiger charge is -2.10. The first-order chi connectivity index (χ1) is 15.3. The van der Waals surface area contributed by atoms with Gasteiger partial charge in [-0.3, -0.25) is 4.79 Å². The van der Waals surface area contributed by atoms with Gasteiger partial charge in [0.1, 0.15) is 16.4 Å². The number of ether oxygens (including phenoxy) is 1. The van der Waals surface area contributed by atoms with Gasteiger partial charge in [0, 0.05) is 38.2 Å². The number of esters is 1. The van der Waals surface area contributed by atoms with Crippen LogP contribution >= 0.6 is 46.1 Å². The summed E-state index contributed by atoms with van der Waals surface area (Å²) in [4.78, 5) is 25.3. The van der Waals surface area contributed by atoms with Gasteiger partial charge in [-0.1, -0.05) is 53.9 Å². The number of hydrogen-bond acceptors (Lipinski definition) is 4. The van der Waals surface area contributed by atoms with E-state index >= 15 is 0 Å². The molecular weight excluding hydrogens is 496 g/mol. The molecule has 3 rings (SSSR count). The Kier molecular flexibility index (Phi) is 8.32. The fourth-order valence-corrected chi connectivity index (χ4v) is 4.50. The van der Waals surface area contributed by atoms with Gasteiger partial charge in [-0.05, 0) is 36.8 Å². The number of anilines is 1. The molecule has 1 heterocycles. The van der Waals surface area contributed by atoms with Gasteiger partial charge in [0.25, 0.3) is 0 Å². The van der Waals surface area contributed by atoms with E-state index in [1.165, 1.54) is 24.3 Å². The van der Waals surface area contributed by atoms with Crippen LogP contribution in [0.1, 0.15) is 29.3 Å². The summed E-state index contributed by atoms with van der Waals surface area (Å²) in [6.45, 7) is 2.10. The highest BCUT2D eigenvalue weighted by Crippen LogP contribution is 2.40. The summed E-state index contributed by atoms with van der Waals surface area (Å²) in [6, 6.07) is 9.14. The highest BCUT2D eigenvalue weighted by atomic mass is 35.5. The monoisotopic (exact) mass is 511 g/mol. The minimum Gasteiger partial charge on any atom is -0.462 e. The SMILES string of the molecule is CCCOC(=O)c1c(-c2ccc(Cl)cc2Cl)csc1NC(=O)C=Cc1c(F)cccc1Cl. The van der Waals surface area contributed by atoms with Crippen molar-refractivity contribution in [2.75, 3.05) is 11.9 Å². The molecule has 0 spiro atoms. The molecule has 0 saturated carbocycles. The number of thiophene rings is 1. The van der Waals surface area contributed by atoms with Crippen LogP contribution in [0, 0.1) is 5.82 Å². The van der Waals surface area contributed by atoms with Gasteiger partial charge < -0.3 is 10.1 Å². The number of halogens is 4. The van der Waals surface area contributed by atoms with Crippen molar-refractivity contribution in [3.8, 4) is 11.1 Å². The van der Waals surface area contributed by atoms with Crippen molar-refractivity contribution >= 4 is 69.1 Å². The number of nitrogens with one attached hydrogen (secondary N) is 1. The number of amides is 1. The molecule has 9 heteroatoms. The van der Waals surface area contributed by atoms with E-state index in [1.54, 1.807) is 23.6 Å². The van der Waals surface area contributed by atoms with Crippen molar-refractivity contribution in [1.29, 1.82) is 0 Å². The third-order valence-electron chi connectivity index (χ3n) is 4.29. The summed E-state index contributed by atoms with van der Waals surface area (Å²) in [5.74, 6) is -1.71. The van der Waals surface area contributed by atoms with Gasteiger partial charge in [0.2, 0.25) is 5.91 Å². The van der Waals surface area contributed by atoms with Crippen LogP contribution in [0.2, 0.25) is 15.1 Å². The molecule has 0 bridgehead atoms. The zero-order valence-corrected chi connectivity index (χ0v) is 19.8. The Morgan fingerprint density at radius 3 is 2.59 bits per heavy atom. The maximum atomic E-state index is 13.9. The van der Waals surface area contributed by atoms with Crippen molar-refractivity contribution in [1.82, 2.24) is 0 Å². The summed E-state index contributed by atoms with van der Waals surface area (Å²) in [6.07, 6.45) is 3.05. The second kappa shape index (κ2) is 11.0. The Labute approximate surface area is 203 Å². The standard InChI is InChI=1S/C23H17Cl3FNO3S/c1-2-10-31-23(30)21-16(14-7-6-13(24)11-18(14)26)12-32-22(21)28-20(29)9-8-15-17(25)4-3-5-19(15)27/h3-9,11-12H,2,10H2,1H3,(H,28,29). The first-order valence-electron chi connectivity index (χ1n) is 9.49. The second-order valence-corrected chi connectivity index (χ2v) is 8.70. The molecule has 0 saturated heterocycles. The highest BCUT2D eigenvalue weighted by Gasteiger charge is 2.24. The summed E-state index contributed by atoms with van der Waals surface area (Å²) in [5.41, 5.74) is 1.35. The normalized spacial score (nSPS) is 11.0. The molecule has 2 aromatic carbocycles. The predicted molar refractivity (Wildman–Crippen MR) is 129 cm³/mol. The number of carbonyl (C=O) groups is 2. The van der Waals surface area contributed by atoms with Gasteiger partial charge in [-0.25, -0.2) is 9.18 Å². The van der Waals surface area contributed by atoms with E-state index in [9.17, 15) is 14.0 Å². The molecule has 0 aliphatic heterocycles. The van der Waals surface area contributed by atoms with Gasteiger partial charge >= 0.3 is 5.97 Å². The Hall–Kier alpha value is -2.38. The van der Waals surface area contributed by atoms with Crippen molar-refractivity contribution < 1.29 is 18.7 Å². The predicted octanol–water partition coefficient (Wildman–Crippen LogP) is 7.73. The van der Waals surface area contributed by atoms with Crippen LogP contribution in [-0.2, 0) is 9.53 Å². The van der Waals surface area contributed by atoms with Crippen LogP contribution in [0.4, 0.5) is 9.39 Å². The Morgan fingerprint density at radius 2 is 1.91 bits per heavy atom. The zero-order chi connectivity index (χ0) is 23.3. The molecule has 166 valence electrons. The quantitative estimate of drug-likeness (QED) is 0.260. The molecule has 0 aliphatic rings. The lowest BCUT2D eigenvalue weighted by atomic mass is 10.0. The van der Waals surface area contributed by atoms with Gasteiger partial charge in [0.15, 0.2) is 0 Å². The highest BCUT2D eigenvalue weighted by molar-refractivity contribution is 7.15. The lowest BCUT2D eigenvalue weighted by Crippen LogP contribution is -2.13. The minimum absolute atomic E-state index is 0.0895. The van der Waals surface area contributed by atoms with E-state index < -0.39 is 17.7 Å². The zero-order valence-electron chi connectivity index (χ0n) is 16.8. The third kappa shape index (κ3) is 5.70. The molecule has 3 aromatic rings. The Morgan fingerprint density at radius 1 is 1.12 bits per heavy atom. The first kappa shape index (κ1) is 24.3. The lowest BCUT2D eigenvalue weighted by molar-refractivity contribution is -0.111. The van der Waals surface area contributed by atoms with E-state index in [2.05, 4.69) is 5.32 Å². The molecule has 1 amide bonds. The molecule has 0 fully saturated rings. The van der Waals surface area contributed by atoms with Crippen LogP contribution in [0.5, 0.6) is 0 Å². The van der Waals surface area contributed by atoms with Crippen molar-refractivity contribution in [2.45, 2.75) is 13.3 Å². The summed E-state index contributed by atoms with van der Waals surface area (Å²) in [7, 11) is 0. The van der Waals surface area contributed by atoms with Crippen LogP contribution in [0.25, 0.3) is 17.2 Å². The fourth-order valence-electron chi connectivity index (χ4n) is 2.81. The fraction of sp³-hybridized carbons (Fsp3) is 0.130. The molecule has 4 nitrogen and oxygen atoms in total. The van der Waals surface area contributed by atoms with Gasteiger partial charge in [0.05, 0.1) is 11.6 Å². The molecule has 0 unspecified atom stereocenters. The number of hydrogen-bond donors (Lipinski definition) is 1.